The molecule has 0 aromatic carbocycles. The summed E-state index contributed by atoms with van der Waals surface area (Å²) in [5, 5.41) is 0. The molecule has 0 nitrogen and oxygen atoms in total. The van der Waals surface area contributed by atoms with Gasteiger partial charge in [0.25, 0.3) is 0 Å². The summed E-state index contributed by atoms with van der Waals surface area (Å²) < 4.78 is 0. The highest BCUT2D eigenvalue weighted by Gasteiger charge is 2.38. The fourth-order valence-electron chi connectivity index (χ4n) is 2.96. The van der Waals surface area contributed by atoms with Gasteiger partial charge < -0.3 is 0 Å². The molecule has 0 saturated carbocycles. The fraction of sp³-hybridized carbons (Fsp3) is 1.00. The first-order valence-corrected chi connectivity index (χ1v) is 17.7. The molecule has 0 rings (SSSR count). The lowest BCUT2D eigenvalue weighted by Crippen LogP contribution is -2.58. The Labute approximate surface area is 102 Å². The average Bonchev–Trinajstić information content (AvgIpc) is 2.17. The zero-order valence-corrected chi connectivity index (χ0v) is 15.2. The highest BCUT2D eigenvalue weighted by molar-refractivity contribution is 7.59. The molecule has 0 aromatic rings. The molecule has 0 fully saturated rings. The van der Waals surface area contributed by atoms with Crippen molar-refractivity contribution >= 4 is 23.7 Å². The maximum atomic E-state index is 2.66. The first-order valence-electron chi connectivity index (χ1n) is 7.01. The molecule has 92 valence electrons. The lowest BCUT2D eigenvalue weighted by atomic mass is 10.4. The van der Waals surface area contributed by atoms with Gasteiger partial charge in [0.05, 0.1) is 0 Å². The van der Waals surface area contributed by atoms with Gasteiger partial charge in [0.15, 0.2) is 0 Å². The summed E-state index contributed by atoms with van der Waals surface area (Å²) in [5.41, 5.74) is 0. The van der Waals surface area contributed by atoms with E-state index in [4.69, 9.17) is 0 Å². The van der Waals surface area contributed by atoms with Crippen molar-refractivity contribution < 1.29 is 0 Å². The van der Waals surface area contributed by atoms with Crippen molar-refractivity contribution in [1.29, 1.82) is 0 Å². The van der Waals surface area contributed by atoms with Crippen LogP contribution in [0, 0.1) is 0 Å². The van der Waals surface area contributed by atoms with Crippen molar-refractivity contribution in [2.45, 2.75) is 77.8 Å². The molecule has 0 aromatic heterocycles. The number of rotatable bonds is 8. The average molecular weight is 261 g/mol. The summed E-state index contributed by atoms with van der Waals surface area (Å²) in [7, 11) is -1.40. The minimum absolute atomic E-state index is 0.342. The highest BCUT2D eigenvalue weighted by Crippen LogP contribution is 2.27. The SMILES string of the molecule is CCCC[Si](CCCC)([SiH](C)C)[SiH](C)C. The zero-order chi connectivity index (χ0) is 11.9. The van der Waals surface area contributed by atoms with Crippen molar-refractivity contribution in [2.24, 2.45) is 0 Å². The molecule has 0 N–H and O–H groups in total. The Kier molecular flexibility index (Phi) is 8.19. The van der Waals surface area contributed by atoms with Gasteiger partial charge >= 0.3 is 0 Å². The van der Waals surface area contributed by atoms with Crippen LogP contribution in [0.5, 0.6) is 0 Å². The second kappa shape index (κ2) is 7.85. The van der Waals surface area contributed by atoms with Crippen LogP contribution in [0.2, 0.25) is 38.3 Å². The first-order chi connectivity index (χ1) is 7.01. The summed E-state index contributed by atoms with van der Waals surface area (Å²) in [6.45, 7) is 15.4. The van der Waals surface area contributed by atoms with Gasteiger partial charge in [-0.05, 0) is 0 Å². The molecular weight excluding hydrogens is 228 g/mol. The molecule has 0 aliphatic heterocycles. The van der Waals surface area contributed by atoms with E-state index in [0.29, 0.717) is 0 Å². The van der Waals surface area contributed by atoms with E-state index in [1.807, 2.05) is 0 Å². The third-order valence-electron chi connectivity index (χ3n) is 4.29. The van der Waals surface area contributed by atoms with Crippen LogP contribution >= 0.6 is 0 Å². The lowest BCUT2D eigenvalue weighted by molar-refractivity contribution is 0.843. The Hall–Kier alpha value is 0.651. The van der Waals surface area contributed by atoms with Crippen LogP contribution in [0.4, 0.5) is 0 Å². The molecule has 15 heavy (non-hydrogen) atoms. The molecule has 0 radical (unpaired) electrons. The van der Waals surface area contributed by atoms with Gasteiger partial charge in [-0.25, -0.2) is 0 Å². The molecule has 0 aliphatic carbocycles. The van der Waals surface area contributed by atoms with Gasteiger partial charge in [-0.15, -0.1) is 0 Å². The van der Waals surface area contributed by atoms with Crippen LogP contribution in [0.25, 0.3) is 0 Å². The first kappa shape index (κ1) is 15.7. The second-order valence-electron chi connectivity index (χ2n) is 5.75. The molecule has 0 atom stereocenters. The summed E-state index contributed by atoms with van der Waals surface area (Å²) in [5.74, 6) is 0. The van der Waals surface area contributed by atoms with Crippen LogP contribution < -0.4 is 0 Å². The molecule has 0 aliphatic rings. The Balaban J connectivity index is 4.57. The summed E-state index contributed by atoms with van der Waals surface area (Å²) in [6, 6.07) is 3.38. The van der Waals surface area contributed by atoms with E-state index in [1.165, 1.54) is 25.7 Å². The molecule has 0 spiro atoms. The largest absolute Gasteiger partial charge is 0.0742 e. The number of hydrogen-bond acceptors (Lipinski definition) is 0. The van der Waals surface area contributed by atoms with E-state index in [2.05, 4.69) is 40.0 Å². The van der Waals surface area contributed by atoms with Crippen LogP contribution in [-0.2, 0) is 0 Å². The molecular formula is C12H32Si3. The Morgan fingerprint density at radius 2 is 1.07 bits per heavy atom. The molecule has 0 amide bonds. The van der Waals surface area contributed by atoms with Gasteiger partial charge in [0.2, 0.25) is 0 Å². The minimum Gasteiger partial charge on any atom is -0.0742 e. The summed E-state index contributed by atoms with van der Waals surface area (Å²) >= 11 is 0. The predicted molar refractivity (Wildman–Crippen MR) is 82.9 cm³/mol. The lowest BCUT2D eigenvalue weighted by Gasteiger charge is -2.39. The second-order valence-corrected chi connectivity index (χ2v) is 29.7. The van der Waals surface area contributed by atoms with E-state index in [-0.39, 0.29) is 16.6 Å². The maximum absolute atomic E-state index is 2.66. The Morgan fingerprint density at radius 3 is 1.27 bits per heavy atom. The number of hydrogen-bond donors (Lipinski definition) is 0. The highest BCUT2D eigenvalue weighted by atomic mass is 29.6. The Bertz CT molecular complexity index is 137. The van der Waals surface area contributed by atoms with E-state index in [9.17, 15) is 0 Å². The third-order valence-corrected chi connectivity index (χ3v) is 40.7. The van der Waals surface area contributed by atoms with Crippen molar-refractivity contribution in [2.75, 3.05) is 0 Å². The predicted octanol–water partition coefficient (Wildman–Crippen LogP) is 4.17. The van der Waals surface area contributed by atoms with Gasteiger partial charge in [0.1, 0.15) is 0 Å². The summed E-state index contributed by atoms with van der Waals surface area (Å²) in [4.78, 5) is 0. The topological polar surface area (TPSA) is 0 Å². The van der Waals surface area contributed by atoms with Crippen molar-refractivity contribution in [3.8, 4) is 0 Å². The molecule has 0 unspecified atom stereocenters. The van der Waals surface area contributed by atoms with E-state index >= 15 is 0 Å². The molecule has 0 saturated heterocycles. The fourth-order valence-corrected chi connectivity index (χ4v) is 34.3. The van der Waals surface area contributed by atoms with E-state index in [0.717, 1.165) is 0 Å². The van der Waals surface area contributed by atoms with Gasteiger partial charge in [0, 0.05) is 23.7 Å². The van der Waals surface area contributed by atoms with Crippen molar-refractivity contribution in [3.05, 3.63) is 0 Å². The number of unbranched alkanes of at least 4 members (excludes halogenated alkanes) is 2. The van der Waals surface area contributed by atoms with Gasteiger partial charge in [-0.1, -0.05) is 77.8 Å². The van der Waals surface area contributed by atoms with E-state index in [1.54, 1.807) is 12.1 Å². The molecule has 3 heteroatoms. The monoisotopic (exact) mass is 260 g/mol. The zero-order valence-electron chi connectivity index (χ0n) is 11.9. The van der Waals surface area contributed by atoms with Crippen molar-refractivity contribution in [3.63, 3.8) is 0 Å². The van der Waals surface area contributed by atoms with Crippen LogP contribution in [0.1, 0.15) is 39.5 Å². The van der Waals surface area contributed by atoms with Gasteiger partial charge in [-0.3, -0.25) is 0 Å². The quantitative estimate of drug-likeness (QED) is 0.575. The van der Waals surface area contributed by atoms with Crippen LogP contribution in [0.15, 0.2) is 0 Å². The van der Waals surface area contributed by atoms with Crippen LogP contribution in [0.3, 0.4) is 0 Å². The normalized spacial score (nSPS) is 12.8. The van der Waals surface area contributed by atoms with Crippen molar-refractivity contribution in [1.82, 2.24) is 0 Å². The van der Waals surface area contributed by atoms with Gasteiger partial charge in [-0.2, -0.15) is 0 Å². The smallest absolute Gasteiger partial charge is 0.0346 e. The minimum atomic E-state index is -0.714. The molecule has 0 bridgehead atoms. The molecule has 0 heterocycles. The standard InChI is InChI=1S/C12H32Si3/c1-7-9-11-15(13(3)4,14(5)6)12-10-8-2/h13-14H,7-12H2,1-6H3. The Morgan fingerprint density at radius 1 is 0.733 bits per heavy atom. The summed E-state index contributed by atoms with van der Waals surface area (Å²) in [6.07, 6.45) is 5.91. The maximum Gasteiger partial charge on any atom is 0.0346 e. The van der Waals surface area contributed by atoms with E-state index < -0.39 is 7.11 Å². The third kappa shape index (κ3) is 4.57. The van der Waals surface area contributed by atoms with Crippen LogP contribution in [-0.4, -0.2) is 23.7 Å².